The lowest BCUT2D eigenvalue weighted by Crippen LogP contribution is -2.52. The molecule has 2 aliphatic rings. The van der Waals surface area contributed by atoms with Crippen molar-refractivity contribution in [3.05, 3.63) is 58.1 Å². The summed E-state index contributed by atoms with van der Waals surface area (Å²) in [6.07, 6.45) is 1.86. The average molecular weight is 389 g/mol. The summed E-state index contributed by atoms with van der Waals surface area (Å²) in [5.41, 5.74) is 3.07. The Bertz CT molecular complexity index is 1270. The number of amides is 3. The fourth-order valence-electron chi connectivity index (χ4n) is 3.85. The molecule has 1 unspecified atom stereocenters. The maximum atomic E-state index is 12.8. The molecule has 2 N–H and O–H groups in total. The number of hydrogen-bond acceptors (Lipinski definition) is 6. The van der Waals surface area contributed by atoms with Crippen LogP contribution in [0.5, 0.6) is 0 Å². The number of piperidine rings is 1. The second kappa shape index (κ2) is 6.33. The standard InChI is InChI=1S/C20H15N5O4/c26-16-6-5-15(18(27)24-16)25-8-11-7-10(1-2-12(11)20(25)29)13-3-4-14-17(23-13)19(28)22-9-21-14/h1-4,7,9,15H,5-6,8H2,(H,21,22,28)(H,24,26,27). The van der Waals surface area contributed by atoms with Crippen molar-refractivity contribution in [3.63, 3.8) is 0 Å². The minimum Gasteiger partial charge on any atom is -0.322 e. The van der Waals surface area contributed by atoms with E-state index in [0.717, 1.165) is 11.1 Å². The van der Waals surface area contributed by atoms with Crippen LogP contribution in [0, 0.1) is 0 Å². The molecule has 0 aliphatic carbocycles. The fraction of sp³-hybridized carbons (Fsp3) is 0.200. The molecule has 9 nitrogen and oxygen atoms in total. The first-order valence-corrected chi connectivity index (χ1v) is 9.13. The molecule has 0 radical (unpaired) electrons. The second-order valence-electron chi connectivity index (χ2n) is 7.07. The zero-order valence-corrected chi connectivity index (χ0v) is 15.1. The van der Waals surface area contributed by atoms with E-state index in [-0.39, 0.29) is 35.9 Å². The number of imide groups is 1. The fourth-order valence-corrected chi connectivity index (χ4v) is 3.85. The van der Waals surface area contributed by atoms with E-state index in [1.807, 2.05) is 6.07 Å². The molecule has 0 bridgehead atoms. The van der Waals surface area contributed by atoms with Crippen molar-refractivity contribution in [1.29, 1.82) is 0 Å². The van der Waals surface area contributed by atoms with Crippen LogP contribution in [0.3, 0.4) is 0 Å². The largest absolute Gasteiger partial charge is 0.322 e. The second-order valence-corrected chi connectivity index (χ2v) is 7.07. The summed E-state index contributed by atoms with van der Waals surface area (Å²) >= 11 is 0. The number of fused-ring (bicyclic) bond motifs is 2. The highest BCUT2D eigenvalue weighted by atomic mass is 16.2. The summed E-state index contributed by atoms with van der Waals surface area (Å²) in [7, 11) is 0. The molecule has 2 aliphatic heterocycles. The smallest absolute Gasteiger partial charge is 0.277 e. The molecule has 1 fully saturated rings. The Kier molecular flexibility index (Phi) is 3.76. The van der Waals surface area contributed by atoms with Crippen molar-refractivity contribution in [2.45, 2.75) is 25.4 Å². The molecule has 3 amide bonds. The number of pyridine rings is 1. The number of carbonyl (C=O) groups excluding carboxylic acids is 3. The van der Waals surface area contributed by atoms with Gasteiger partial charge in [0.1, 0.15) is 6.04 Å². The lowest BCUT2D eigenvalue weighted by molar-refractivity contribution is -0.136. The van der Waals surface area contributed by atoms with Crippen LogP contribution in [-0.4, -0.2) is 43.6 Å². The van der Waals surface area contributed by atoms with E-state index >= 15 is 0 Å². The van der Waals surface area contributed by atoms with Crippen LogP contribution >= 0.6 is 0 Å². The first-order valence-electron chi connectivity index (χ1n) is 9.13. The van der Waals surface area contributed by atoms with Gasteiger partial charge < -0.3 is 9.88 Å². The summed E-state index contributed by atoms with van der Waals surface area (Å²) in [5.74, 6) is -0.983. The van der Waals surface area contributed by atoms with Crippen molar-refractivity contribution < 1.29 is 14.4 Å². The van der Waals surface area contributed by atoms with Crippen LogP contribution in [0.25, 0.3) is 22.3 Å². The number of aromatic nitrogens is 3. The van der Waals surface area contributed by atoms with Crippen LogP contribution in [0.2, 0.25) is 0 Å². The van der Waals surface area contributed by atoms with Crippen LogP contribution in [-0.2, 0) is 16.1 Å². The summed E-state index contributed by atoms with van der Waals surface area (Å²) in [4.78, 5) is 60.8. The Morgan fingerprint density at radius 3 is 2.76 bits per heavy atom. The SMILES string of the molecule is O=C1CCC(N2Cc3cc(-c4ccc5nc[nH]c(=O)c5n4)ccc3C2=O)C(=O)N1. The van der Waals surface area contributed by atoms with Gasteiger partial charge in [0, 0.05) is 24.1 Å². The van der Waals surface area contributed by atoms with Gasteiger partial charge >= 0.3 is 0 Å². The van der Waals surface area contributed by atoms with Crippen LogP contribution in [0.15, 0.2) is 41.5 Å². The number of rotatable bonds is 2. The first-order chi connectivity index (χ1) is 14.0. The molecule has 0 spiro atoms. The highest BCUT2D eigenvalue weighted by Crippen LogP contribution is 2.30. The summed E-state index contributed by atoms with van der Waals surface area (Å²) < 4.78 is 0. The zero-order valence-electron chi connectivity index (χ0n) is 15.1. The molecular weight excluding hydrogens is 374 g/mol. The average Bonchev–Trinajstić information content (AvgIpc) is 3.04. The minimum atomic E-state index is -0.653. The monoisotopic (exact) mass is 389 g/mol. The molecule has 0 saturated carbocycles. The molecule has 9 heteroatoms. The van der Waals surface area contributed by atoms with E-state index in [2.05, 4.69) is 20.3 Å². The first kappa shape index (κ1) is 17.2. The zero-order chi connectivity index (χ0) is 20.1. The van der Waals surface area contributed by atoms with Crippen LogP contribution in [0.4, 0.5) is 0 Å². The number of aromatic amines is 1. The van der Waals surface area contributed by atoms with Crippen molar-refractivity contribution in [1.82, 2.24) is 25.2 Å². The van der Waals surface area contributed by atoms with Gasteiger partial charge in [-0.3, -0.25) is 24.5 Å². The molecule has 1 saturated heterocycles. The molecule has 144 valence electrons. The predicted octanol–water partition coefficient (Wildman–Crippen LogP) is 0.746. The third-order valence-corrected chi connectivity index (χ3v) is 5.31. The molecule has 1 atom stereocenters. The van der Waals surface area contributed by atoms with Gasteiger partial charge in [-0.25, -0.2) is 9.97 Å². The van der Waals surface area contributed by atoms with E-state index in [9.17, 15) is 19.2 Å². The summed E-state index contributed by atoms with van der Waals surface area (Å²) in [6.45, 7) is 0.282. The number of H-pyrrole nitrogens is 1. The van der Waals surface area contributed by atoms with Crippen molar-refractivity contribution in [2.75, 3.05) is 0 Å². The third-order valence-electron chi connectivity index (χ3n) is 5.31. The van der Waals surface area contributed by atoms with Crippen molar-refractivity contribution >= 4 is 28.8 Å². The van der Waals surface area contributed by atoms with Gasteiger partial charge in [0.2, 0.25) is 11.8 Å². The summed E-state index contributed by atoms with van der Waals surface area (Å²) in [5, 5.41) is 2.29. The molecule has 1 aromatic carbocycles. The maximum absolute atomic E-state index is 12.8. The molecule has 29 heavy (non-hydrogen) atoms. The third kappa shape index (κ3) is 2.78. The molecule has 2 aromatic heterocycles. The van der Waals surface area contributed by atoms with Crippen LogP contribution < -0.4 is 10.9 Å². The number of nitrogens with zero attached hydrogens (tertiary/aromatic N) is 3. The van der Waals surface area contributed by atoms with E-state index in [1.54, 1.807) is 24.3 Å². The van der Waals surface area contributed by atoms with Gasteiger partial charge in [-0.2, -0.15) is 0 Å². The topological polar surface area (TPSA) is 125 Å². The van der Waals surface area contributed by atoms with Gasteiger partial charge in [0.05, 0.1) is 17.5 Å². The normalized spacial score (nSPS) is 18.8. The Labute approximate surface area is 163 Å². The Morgan fingerprint density at radius 1 is 1.07 bits per heavy atom. The quantitative estimate of drug-likeness (QED) is 0.623. The highest BCUT2D eigenvalue weighted by Gasteiger charge is 2.39. The van der Waals surface area contributed by atoms with Gasteiger partial charge in [0.25, 0.3) is 11.5 Å². The number of nitrogens with one attached hydrogen (secondary N) is 2. The molecule has 4 heterocycles. The van der Waals surface area contributed by atoms with Gasteiger partial charge in [0.15, 0.2) is 5.52 Å². The van der Waals surface area contributed by atoms with Gasteiger partial charge in [-0.15, -0.1) is 0 Å². The van der Waals surface area contributed by atoms with Crippen molar-refractivity contribution in [3.8, 4) is 11.3 Å². The molecule has 5 rings (SSSR count). The number of benzene rings is 1. The van der Waals surface area contributed by atoms with Crippen LogP contribution in [0.1, 0.15) is 28.8 Å². The lowest BCUT2D eigenvalue weighted by atomic mass is 10.0. The Hall–Kier alpha value is -3.88. The van der Waals surface area contributed by atoms with Crippen molar-refractivity contribution in [2.24, 2.45) is 0 Å². The van der Waals surface area contributed by atoms with Gasteiger partial charge in [-0.1, -0.05) is 6.07 Å². The van der Waals surface area contributed by atoms with E-state index in [4.69, 9.17) is 0 Å². The maximum Gasteiger partial charge on any atom is 0.277 e. The highest BCUT2D eigenvalue weighted by molar-refractivity contribution is 6.05. The summed E-state index contributed by atoms with van der Waals surface area (Å²) in [6, 6.07) is 8.16. The van der Waals surface area contributed by atoms with E-state index in [0.29, 0.717) is 23.2 Å². The Morgan fingerprint density at radius 2 is 1.93 bits per heavy atom. The Balaban J connectivity index is 1.49. The van der Waals surface area contributed by atoms with E-state index < -0.39 is 11.9 Å². The molecule has 3 aromatic rings. The molecular formula is C20H15N5O4. The lowest BCUT2D eigenvalue weighted by Gasteiger charge is -2.29. The number of hydrogen-bond donors (Lipinski definition) is 2. The van der Waals surface area contributed by atoms with E-state index in [1.165, 1.54) is 11.2 Å². The predicted molar refractivity (Wildman–Crippen MR) is 102 cm³/mol. The number of carbonyl (C=O) groups is 3. The van der Waals surface area contributed by atoms with Gasteiger partial charge in [-0.05, 0) is 36.2 Å². The minimum absolute atomic E-state index is 0.214.